The van der Waals surface area contributed by atoms with Crippen LogP contribution in [0.1, 0.15) is 30.5 Å². The van der Waals surface area contributed by atoms with Crippen molar-refractivity contribution in [1.29, 1.82) is 0 Å². The largest absolute Gasteiger partial charge is 0.422 e. The number of hydrogen-bond donors (Lipinski definition) is 1. The number of rotatable bonds is 4. The Morgan fingerprint density at radius 2 is 2.12 bits per heavy atom. The Bertz CT molecular complexity index is 768. The molecule has 0 aliphatic carbocycles. The van der Waals surface area contributed by atoms with E-state index in [-0.39, 0.29) is 29.5 Å². The molecule has 1 N–H and O–H groups in total. The van der Waals surface area contributed by atoms with E-state index < -0.39 is 5.82 Å². The lowest BCUT2D eigenvalue weighted by molar-refractivity contribution is 0.0209. The number of benzene rings is 1. The van der Waals surface area contributed by atoms with E-state index in [1.165, 1.54) is 18.3 Å². The highest BCUT2D eigenvalue weighted by Crippen LogP contribution is 2.32. The molecule has 3 aliphatic heterocycles. The lowest BCUT2D eigenvalue weighted by atomic mass is 9.79. The van der Waals surface area contributed by atoms with Crippen LogP contribution in [0.2, 0.25) is 0 Å². The molecule has 0 saturated carbocycles. The van der Waals surface area contributed by atoms with Crippen molar-refractivity contribution < 1.29 is 18.3 Å². The van der Waals surface area contributed by atoms with Gasteiger partial charge in [-0.15, -0.1) is 0 Å². The van der Waals surface area contributed by atoms with Crippen LogP contribution in [0.5, 0.6) is 11.7 Å². The number of oxazole rings is 1. The van der Waals surface area contributed by atoms with E-state index in [1.54, 1.807) is 12.1 Å². The van der Waals surface area contributed by atoms with Gasteiger partial charge in [0.25, 0.3) is 5.89 Å². The zero-order valence-corrected chi connectivity index (χ0v) is 13.9. The van der Waals surface area contributed by atoms with E-state index in [2.05, 4.69) is 22.1 Å². The standard InChI is InChI=1S/C18H20FN3O3/c1-11-16(12-6-8-22(11)9-7-12)21-17(23)18-20-10-15(25-18)24-14-5-3-2-4-13(14)19/h2-5,10-12,16H,6-9H2,1H3,(H,21,23). The van der Waals surface area contributed by atoms with Crippen LogP contribution in [0.15, 0.2) is 34.9 Å². The van der Waals surface area contributed by atoms with E-state index in [0.717, 1.165) is 25.9 Å². The van der Waals surface area contributed by atoms with Gasteiger partial charge in [-0.3, -0.25) is 9.69 Å². The third kappa shape index (κ3) is 3.11. The Morgan fingerprint density at radius 1 is 1.36 bits per heavy atom. The van der Waals surface area contributed by atoms with E-state index in [9.17, 15) is 9.18 Å². The molecule has 1 aromatic heterocycles. The summed E-state index contributed by atoms with van der Waals surface area (Å²) in [6, 6.07) is 6.38. The molecule has 2 unspecified atom stereocenters. The Labute approximate surface area is 145 Å². The highest BCUT2D eigenvalue weighted by atomic mass is 19.1. The van der Waals surface area contributed by atoms with Gasteiger partial charge in [0.15, 0.2) is 11.6 Å². The number of halogens is 1. The van der Waals surface area contributed by atoms with Crippen LogP contribution in [0.25, 0.3) is 0 Å². The average Bonchev–Trinajstić information content (AvgIpc) is 3.09. The third-order valence-corrected chi connectivity index (χ3v) is 5.20. The molecule has 2 bridgehead atoms. The van der Waals surface area contributed by atoms with E-state index in [0.29, 0.717) is 12.0 Å². The summed E-state index contributed by atoms with van der Waals surface area (Å²) in [5.74, 6) is -0.447. The van der Waals surface area contributed by atoms with Gasteiger partial charge in [0.1, 0.15) is 6.20 Å². The van der Waals surface area contributed by atoms with Crippen molar-refractivity contribution in [1.82, 2.24) is 15.2 Å². The molecule has 1 aromatic carbocycles. The molecule has 5 rings (SSSR count). The first kappa shape index (κ1) is 16.1. The van der Waals surface area contributed by atoms with Gasteiger partial charge in [-0.05, 0) is 50.9 Å². The quantitative estimate of drug-likeness (QED) is 0.923. The molecule has 4 heterocycles. The van der Waals surface area contributed by atoms with E-state index >= 15 is 0 Å². The van der Waals surface area contributed by atoms with Gasteiger partial charge in [-0.1, -0.05) is 12.1 Å². The fraction of sp³-hybridized carbons (Fsp3) is 0.444. The number of nitrogens with zero attached hydrogens (tertiary/aromatic N) is 2. The molecule has 3 aliphatic rings. The van der Waals surface area contributed by atoms with Gasteiger partial charge < -0.3 is 14.5 Å². The summed E-state index contributed by atoms with van der Waals surface area (Å²) in [6.45, 7) is 4.33. The number of nitrogens with one attached hydrogen (secondary N) is 1. The summed E-state index contributed by atoms with van der Waals surface area (Å²) < 4.78 is 24.3. The SMILES string of the molecule is CC1C(NC(=O)c2ncc(Oc3ccccc3F)o2)C2CCN1CC2. The molecule has 2 aromatic rings. The summed E-state index contributed by atoms with van der Waals surface area (Å²) >= 11 is 0. The first-order valence-electron chi connectivity index (χ1n) is 8.55. The number of ether oxygens (including phenoxy) is 1. The highest BCUT2D eigenvalue weighted by Gasteiger charge is 2.40. The molecular formula is C18H20FN3O3. The molecule has 1 amide bonds. The van der Waals surface area contributed by atoms with E-state index in [4.69, 9.17) is 9.15 Å². The minimum Gasteiger partial charge on any atom is -0.422 e. The van der Waals surface area contributed by atoms with Crippen molar-refractivity contribution >= 4 is 5.91 Å². The highest BCUT2D eigenvalue weighted by molar-refractivity contribution is 5.90. The fourth-order valence-corrected chi connectivity index (χ4v) is 3.81. The van der Waals surface area contributed by atoms with Gasteiger partial charge in [-0.25, -0.2) is 9.37 Å². The summed E-state index contributed by atoms with van der Waals surface area (Å²) in [4.78, 5) is 18.8. The number of piperidine rings is 3. The maximum atomic E-state index is 13.6. The molecular weight excluding hydrogens is 325 g/mol. The fourth-order valence-electron chi connectivity index (χ4n) is 3.81. The number of para-hydroxylation sites is 1. The number of amides is 1. The van der Waals surface area contributed by atoms with Crippen molar-refractivity contribution in [2.75, 3.05) is 13.1 Å². The summed E-state index contributed by atoms with van der Waals surface area (Å²) in [7, 11) is 0. The van der Waals surface area contributed by atoms with Crippen LogP contribution < -0.4 is 10.1 Å². The maximum Gasteiger partial charge on any atom is 0.311 e. The van der Waals surface area contributed by atoms with Crippen molar-refractivity contribution in [2.45, 2.75) is 31.8 Å². The summed E-state index contributed by atoms with van der Waals surface area (Å²) in [5.41, 5.74) is 0. The summed E-state index contributed by atoms with van der Waals surface area (Å²) in [6.07, 6.45) is 3.48. The van der Waals surface area contributed by atoms with E-state index in [1.807, 2.05) is 0 Å². The molecule has 3 saturated heterocycles. The Balaban J connectivity index is 1.43. The van der Waals surface area contributed by atoms with Gasteiger partial charge in [0.05, 0.1) is 0 Å². The second-order valence-corrected chi connectivity index (χ2v) is 6.63. The predicted molar refractivity (Wildman–Crippen MR) is 88.0 cm³/mol. The summed E-state index contributed by atoms with van der Waals surface area (Å²) in [5, 5.41) is 3.04. The number of fused-ring (bicyclic) bond motifs is 3. The maximum absolute atomic E-state index is 13.6. The number of carbonyl (C=O) groups excluding carboxylic acids is 1. The average molecular weight is 345 g/mol. The van der Waals surface area contributed by atoms with Gasteiger partial charge >= 0.3 is 11.9 Å². The monoisotopic (exact) mass is 345 g/mol. The zero-order chi connectivity index (χ0) is 17.4. The third-order valence-electron chi connectivity index (χ3n) is 5.20. The van der Waals surface area contributed by atoms with Crippen LogP contribution in [0.4, 0.5) is 4.39 Å². The van der Waals surface area contributed by atoms with Crippen LogP contribution in [-0.4, -0.2) is 41.0 Å². The molecule has 6 nitrogen and oxygen atoms in total. The minimum absolute atomic E-state index is 0.0165. The molecule has 3 fully saturated rings. The predicted octanol–water partition coefficient (Wildman–Crippen LogP) is 2.82. The van der Waals surface area contributed by atoms with Gasteiger partial charge in [0, 0.05) is 12.1 Å². The Morgan fingerprint density at radius 3 is 2.84 bits per heavy atom. The van der Waals surface area contributed by atoms with Crippen LogP contribution in [0.3, 0.4) is 0 Å². The topological polar surface area (TPSA) is 67.6 Å². The first-order chi connectivity index (χ1) is 12.1. The minimum atomic E-state index is -0.508. The normalized spacial score (nSPS) is 27.9. The van der Waals surface area contributed by atoms with Crippen molar-refractivity contribution in [2.24, 2.45) is 5.92 Å². The number of aromatic nitrogens is 1. The van der Waals surface area contributed by atoms with Crippen molar-refractivity contribution in [3.05, 3.63) is 42.2 Å². The van der Waals surface area contributed by atoms with Gasteiger partial charge in [-0.2, -0.15) is 0 Å². The lowest BCUT2D eigenvalue weighted by Crippen LogP contribution is -2.62. The molecule has 132 valence electrons. The zero-order valence-electron chi connectivity index (χ0n) is 13.9. The molecule has 7 heteroatoms. The van der Waals surface area contributed by atoms with Crippen LogP contribution in [-0.2, 0) is 0 Å². The smallest absolute Gasteiger partial charge is 0.311 e. The first-order valence-corrected chi connectivity index (χ1v) is 8.55. The Hall–Kier alpha value is -2.41. The van der Waals surface area contributed by atoms with Crippen LogP contribution >= 0.6 is 0 Å². The number of carbonyl (C=O) groups is 1. The molecule has 25 heavy (non-hydrogen) atoms. The molecule has 2 atom stereocenters. The lowest BCUT2D eigenvalue weighted by Gasteiger charge is -2.49. The van der Waals surface area contributed by atoms with Crippen LogP contribution in [0, 0.1) is 11.7 Å². The second kappa shape index (κ2) is 6.48. The molecule has 0 spiro atoms. The Kier molecular flexibility index (Phi) is 4.17. The van der Waals surface area contributed by atoms with Gasteiger partial charge in [0.2, 0.25) is 0 Å². The second-order valence-electron chi connectivity index (χ2n) is 6.63. The number of hydrogen-bond acceptors (Lipinski definition) is 5. The molecule has 0 radical (unpaired) electrons. The van der Waals surface area contributed by atoms with Crippen molar-refractivity contribution in [3.8, 4) is 11.7 Å². The van der Waals surface area contributed by atoms with Crippen molar-refractivity contribution in [3.63, 3.8) is 0 Å².